The van der Waals surface area contributed by atoms with Gasteiger partial charge in [-0.15, -0.1) is 0 Å². The maximum absolute atomic E-state index is 12.3. The lowest BCUT2D eigenvalue weighted by Gasteiger charge is -2.26. The Labute approximate surface area is 141 Å². The van der Waals surface area contributed by atoms with Crippen LogP contribution in [0.1, 0.15) is 27.5 Å². The maximum atomic E-state index is 12.3. The highest BCUT2D eigenvalue weighted by Gasteiger charge is 2.17. The van der Waals surface area contributed by atoms with Gasteiger partial charge in [0, 0.05) is 18.9 Å². The van der Waals surface area contributed by atoms with Crippen LogP contribution in [0.3, 0.4) is 0 Å². The number of rotatable bonds is 6. The van der Waals surface area contributed by atoms with Crippen LogP contribution in [0, 0.1) is 6.92 Å². The van der Waals surface area contributed by atoms with Gasteiger partial charge in [-0.05, 0) is 38.4 Å². The lowest BCUT2D eigenvalue weighted by atomic mass is 10.0. The normalized spacial score (nSPS) is 12.2. The van der Waals surface area contributed by atoms with E-state index in [1.54, 1.807) is 12.4 Å². The standard InChI is InChI=1S/C17H22N4OS/c1-12-7-5-6-8-14(12)15(21(2)3)11-18-16(22)13-9-19-17(23-4)20-10-13/h5-10,15H,11H2,1-4H3,(H,18,22)/t15-/m1/s1. The van der Waals surface area contributed by atoms with Gasteiger partial charge in [0.05, 0.1) is 11.6 Å². The van der Waals surface area contributed by atoms with Gasteiger partial charge in [0.15, 0.2) is 5.16 Å². The first-order valence-electron chi connectivity index (χ1n) is 7.39. The number of aromatic nitrogens is 2. The fraction of sp³-hybridized carbons (Fsp3) is 0.353. The number of carbonyl (C=O) groups excluding carboxylic acids is 1. The minimum atomic E-state index is -0.155. The Bertz CT molecular complexity index is 658. The Morgan fingerprint density at radius 2 is 1.91 bits per heavy atom. The van der Waals surface area contributed by atoms with Crippen LogP contribution in [-0.4, -0.2) is 47.7 Å². The molecule has 5 nitrogen and oxygen atoms in total. The zero-order valence-electron chi connectivity index (χ0n) is 13.9. The Morgan fingerprint density at radius 3 is 2.48 bits per heavy atom. The third-order valence-corrected chi connectivity index (χ3v) is 4.28. The van der Waals surface area contributed by atoms with Gasteiger partial charge in [-0.2, -0.15) is 0 Å². The smallest absolute Gasteiger partial charge is 0.254 e. The topological polar surface area (TPSA) is 58.1 Å². The van der Waals surface area contributed by atoms with Gasteiger partial charge in [-0.1, -0.05) is 36.0 Å². The van der Waals surface area contributed by atoms with E-state index < -0.39 is 0 Å². The van der Waals surface area contributed by atoms with Crippen molar-refractivity contribution in [2.24, 2.45) is 0 Å². The molecule has 0 saturated carbocycles. The molecule has 0 aliphatic carbocycles. The molecule has 1 amide bonds. The molecule has 0 aliphatic rings. The molecule has 122 valence electrons. The van der Waals surface area contributed by atoms with Crippen molar-refractivity contribution in [2.45, 2.75) is 18.1 Å². The van der Waals surface area contributed by atoms with Gasteiger partial charge < -0.3 is 10.2 Å². The summed E-state index contributed by atoms with van der Waals surface area (Å²) < 4.78 is 0. The predicted molar refractivity (Wildman–Crippen MR) is 93.8 cm³/mol. The zero-order chi connectivity index (χ0) is 16.8. The average Bonchev–Trinajstić information content (AvgIpc) is 2.56. The number of nitrogens with zero attached hydrogens (tertiary/aromatic N) is 3. The summed E-state index contributed by atoms with van der Waals surface area (Å²) in [7, 11) is 4.03. The summed E-state index contributed by atoms with van der Waals surface area (Å²) >= 11 is 1.45. The van der Waals surface area contributed by atoms with Gasteiger partial charge in [0.1, 0.15) is 0 Å². The Morgan fingerprint density at radius 1 is 1.26 bits per heavy atom. The van der Waals surface area contributed by atoms with Crippen molar-refractivity contribution in [1.82, 2.24) is 20.2 Å². The number of hydrogen-bond donors (Lipinski definition) is 1. The molecule has 1 aromatic heterocycles. The monoisotopic (exact) mass is 330 g/mol. The second-order valence-electron chi connectivity index (χ2n) is 5.50. The second-order valence-corrected chi connectivity index (χ2v) is 6.28. The van der Waals surface area contributed by atoms with Crippen LogP contribution in [0.5, 0.6) is 0 Å². The molecule has 0 radical (unpaired) electrons. The van der Waals surface area contributed by atoms with Crippen LogP contribution in [-0.2, 0) is 0 Å². The molecule has 1 aromatic carbocycles. The highest BCUT2D eigenvalue weighted by atomic mass is 32.2. The van der Waals surface area contributed by atoms with Gasteiger partial charge in [0.25, 0.3) is 5.91 Å². The number of likely N-dealkylation sites (N-methyl/N-ethyl adjacent to an activating group) is 1. The molecule has 6 heteroatoms. The minimum absolute atomic E-state index is 0.117. The fourth-order valence-electron chi connectivity index (χ4n) is 2.36. The quantitative estimate of drug-likeness (QED) is 0.651. The lowest BCUT2D eigenvalue weighted by molar-refractivity contribution is 0.0941. The van der Waals surface area contributed by atoms with Crippen molar-refractivity contribution >= 4 is 17.7 Å². The molecule has 2 rings (SSSR count). The van der Waals surface area contributed by atoms with Crippen LogP contribution in [0.2, 0.25) is 0 Å². The Kier molecular flexibility index (Phi) is 6.12. The van der Waals surface area contributed by atoms with E-state index in [1.807, 2.05) is 32.5 Å². The Balaban J connectivity index is 2.06. The van der Waals surface area contributed by atoms with Crippen molar-refractivity contribution < 1.29 is 4.79 Å². The highest BCUT2D eigenvalue weighted by Crippen LogP contribution is 2.21. The molecule has 23 heavy (non-hydrogen) atoms. The van der Waals surface area contributed by atoms with E-state index in [2.05, 4.69) is 39.2 Å². The molecule has 0 aliphatic heterocycles. The van der Waals surface area contributed by atoms with E-state index in [0.717, 1.165) is 0 Å². The molecule has 0 bridgehead atoms. The summed E-state index contributed by atoms with van der Waals surface area (Å²) in [5.74, 6) is -0.155. The van der Waals surface area contributed by atoms with Crippen LogP contribution in [0.25, 0.3) is 0 Å². The molecule has 1 heterocycles. The summed E-state index contributed by atoms with van der Waals surface area (Å²) in [6, 6.07) is 8.35. The van der Waals surface area contributed by atoms with E-state index in [0.29, 0.717) is 17.3 Å². The zero-order valence-corrected chi connectivity index (χ0v) is 14.7. The summed E-state index contributed by atoms with van der Waals surface area (Å²) in [6.45, 7) is 2.61. The molecule has 0 fully saturated rings. The SMILES string of the molecule is CSc1ncc(C(=O)NC[C@H](c2ccccc2C)N(C)C)cn1. The first-order valence-corrected chi connectivity index (χ1v) is 8.61. The lowest BCUT2D eigenvalue weighted by Crippen LogP contribution is -2.35. The van der Waals surface area contributed by atoms with Crippen LogP contribution < -0.4 is 5.32 Å². The summed E-state index contributed by atoms with van der Waals surface area (Å²) in [4.78, 5) is 22.6. The third kappa shape index (κ3) is 4.53. The first-order chi connectivity index (χ1) is 11.0. The van der Waals surface area contributed by atoms with Crippen molar-refractivity contribution in [1.29, 1.82) is 0 Å². The van der Waals surface area contributed by atoms with E-state index in [4.69, 9.17) is 0 Å². The van der Waals surface area contributed by atoms with Gasteiger partial charge in [-0.3, -0.25) is 4.79 Å². The average molecular weight is 330 g/mol. The van der Waals surface area contributed by atoms with Gasteiger partial charge in [-0.25, -0.2) is 9.97 Å². The number of amides is 1. The van der Waals surface area contributed by atoms with Crippen LogP contribution in [0.15, 0.2) is 41.8 Å². The summed E-state index contributed by atoms with van der Waals surface area (Å²) in [5.41, 5.74) is 2.91. The van der Waals surface area contributed by atoms with Crippen LogP contribution >= 0.6 is 11.8 Å². The van der Waals surface area contributed by atoms with Crippen molar-refractivity contribution in [3.8, 4) is 0 Å². The Hall–Kier alpha value is -1.92. The van der Waals surface area contributed by atoms with Gasteiger partial charge >= 0.3 is 0 Å². The van der Waals surface area contributed by atoms with E-state index in [9.17, 15) is 4.79 Å². The van der Waals surface area contributed by atoms with Crippen LogP contribution in [0.4, 0.5) is 0 Å². The largest absolute Gasteiger partial charge is 0.350 e. The number of hydrogen-bond acceptors (Lipinski definition) is 5. The third-order valence-electron chi connectivity index (χ3n) is 3.70. The number of nitrogens with one attached hydrogen (secondary N) is 1. The summed E-state index contributed by atoms with van der Waals surface area (Å²) in [5, 5.41) is 3.64. The molecular formula is C17H22N4OS. The molecular weight excluding hydrogens is 308 g/mol. The van der Waals surface area contributed by atoms with E-state index >= 15 is 0 Å². The molecule has 0 unspecified atom stereocenters. The van der Waals surface area contributed by atoms with E-state index in [1.165, 1.54) is 22.9 Å². The minimum Gasteiger partial charge on any atom is -0.350 e. The van der Waals surface area contributed by atoms with Crippen molar-refractivity contribution in [3.63, 3.8) is 0 Å². The highest BCUT2D eigenvalue weighted by molar-refractivity contribution is 7.98. The predicted octanol–water partition coefficient (Wildman–Crippen LogP) is 2.54. The molecule has 1 N–H and O–H groups in total. The maximum Gasteiger partial charge on any atom is 0.254 e. The number of benzene rings is 1. The van der Waals surface area contributed by atoms with Gasteiger partial charge in [0.2, 0.25) is 0 Å². The molecule has 0 saturated heterocycles. The van der Waals surface area contributed by atoms with E-state index in [-0.39, 0.29) is 11.9 Å². The van der Waals surface area contributed by atoms with Crippen molar-refractivity contribution in [2.75, 3.05) is 26.9 Å². The summed E-state index contributed by atoms with van der Waals surface area (Å²) in [6.07, 6.45) is 5.03. The number of aryl methyl sites for hydroxylation is 1. The number of carbonyl (C=O) groups is 1. The fourth-order valence-corrected chi connectivity index (χ4v) is 2.68. The molecule has 0 spiro atoms. The molecule has 1 atom stereocenters. The van der Waals surface area contributed by atoms with Crippen molar-refractivity contribution in [3.05, 3.63) is 53.3 Å². The number of thioether (sulfide) groups is 1. The second kappa shape index (κ2) is 8.08. The molecule has 2 aromatic rings. The first kappa shape index (κ1) is 17.4.